The molecular weight excluding hydrogens is 268 g/mol. The molecule has 0 radical (unpaired) electrons. The summed E-state index contributed by atoms with van der Waals surface area (Å²) in [7, 11) is 1.81. The van der Waals surface area contributed by atoms with Gasteiger partial charge in [-0.3, -0.25) is 0 Å². The van der Waals surface area contributed by atoms with Crippen molar-refractivity contribution in [1.29, 1.82) is 0 Å². The van der Waals surface area contributed by atoms with E-state index in [0.717, 1.165) is 11.1 Å². The third kappa shape index (κ3) is 3.52. The van der Waals surface area contributed by atoms with Gasteiger partial charge in [-0.2, -0.15) is 0 Å². The molecule has 0 heterocycles. The maximum atomic E-state index is 13.0. The van der Waals surface area contributed by atoms with E-state index in [-0.39, 0.29) is 17.7 Å². The van der Waals surface area contributed by atoms with Crippen LogP contribution in [0.2, 0.25) is 5.02 Å². The Kier molecular flexibility index (Phi) is 4.51. The van der Waals surface area contributed by atoms with Crippen molar-refractivity contribution in [2.24, 2.45) is 0 Å². The summed E-state index contributed by atoms with van der Waals surface area (Å²) in [5.41, 5.74) is 1.82. The smallest absolute Gasteiger partial charge is 0.124 e. The van der Waals surface area contributed by atoms with E-state index in [2.05, 4.69) is 5.32 Å². The maximum Gasteiger partial charge on any atom is 0.124 e. The standard InChI is InChI=1S/C15H14ClF2N/c1-19-15(8-10-2-4-11(17)5-3-10)13-7-6-12(18)9-14(13)16/h2-7,9,15,19H,8H2,1H3. The van der Waals surface area contributed by atoms with Crippen LogP contribution in [0, 0.1) is 11.6 Å². The number of hydrogen-bond donors (Lipinski definition) is 1. The first-order chi connectivity index (χ1) is 9.10. The van der Waals surface area contributed by atoms with E-state index in [0.29, 0.717) is 11.4 Å². The van der Waals surface area contributed by atoms with E-state index in [1.54, 1.807) is 18.2 Å². The lowest BCUT2D eigenvalue weighted by Gasteiger charge is -2.18. The number of likely N-dealkylation sites (N-methyl/N-ethyl adjacent to an activating group) is 1. The largest absolute Gasteiger partial charge is 0.313 e. The second-order valence-corrected chi connectivity index (χ2v) is 4.74. The van der Waals surface area contributed by atoms with Crippen LogP contribution in [0.25, 0.3) is 0 Å². The molecule has 100 valence electrons. The molecule has 2 aromatic rings. The van der Waals surface area contributed by atoms with Crippen LogP contribution in [-0.4, -0.2) is 7.05 Å². The van der Waals surface area contributed by atoms with Gasteiger partial charge in [-0.05, 0) is 48.9 Å². The highest BCUT2D eigenvalue weighted by molar-refractivity contribution is 6.31. The number of hydrogen-bond acceptors (Lipinski definition) is 1. The van der Waals surface area contributed by atoms with Crippen LogP contribution < -0.4 is 5.32 Å². The summed E-state index contributed by atoms with van der Waals surface area (Å²) in [6.45, 7) is 0. The molecule has 1 atom stereocenters. The third-order valence-electron chi connectivity index (χ3n) is 3.04. The minimum atomic E-state index is -0.356. The lowest BCUT2D eigenvalue weighted by Crippen LogP contribution is -2.19. The highest BCUT2D eigenvalue weighted by atomic mass is 35.5. The Morgan fingerprint density at radius 1 is 1.05 bits per heavy atom. The molecule has 2 aromatic carbocycles. The molecule has 4 heteroatoms. The summed E-state index contributed by atoms with van der Waals surface area (Å²) in [5, 5.41) is 3.53. The van der Waals surface area contributed by atoms with Gasteiger partial charge < -0.3 is 5.32 Å². The van der Waals surface area contributed by atoms with E-state index >= 15 is 0 Å². The molecule has 0 saturated carbocycles. The second kappa shape index (κ2) is 6.13. The topological polar surface area (TPSA) is 12.0 Å². The number of benzene rings is 2. The second-order valence-electron chi connectivity index (χ2n) is 4.34. The summed E-state index contributed by atoms with van der Waals surface area (Å²) >= 11 is 6.05. The fourth-order valence-corrected chi connectivity index (χ4v) is 2.31. The molecule has 0 aliphatic heterocycles. The Morgan fingerprint density at radius 2 is 1.68 bits per heavy atom. The maximum absolute atomic E-state index is 13.0. The van der Waals surface area contributed by atoms with Crippen LogP contribution in [0.15, 0.2) is 42.5 Å². The molecule has 0 spiro atoms. The van der Waals surface area contributed by atoms with Gasteiger partial charge in [0.1, 0.15) is 11.6 Å². The zero-order valence-electron chi connectivity index (χ0n) is 10.5. The predicted octanol–water partition coefficient (Wildman–Crippen LogP) is 4.12. The summed E-state index contributed by atoms with van der Waals surface area (Å²) < 4.78 is 25.9. The van der Waals surface area contributed by atoms with Crippen LogP contribution in [0.5, 0.6) is 0 Å². The molecule has 0 aliphatic carbocycles. The molecule has 0 saturated heterocycles. The average Bonchev–Trinajstić information content (AvgIpc) is 2.39. The summed E-state index contributed by atoms with van der Waals surface area (Å²) in [6, 6.07) is 10.6. The van der Waals surface area contributed by atoms with E-state index in [4.69, 9.17) is 11.6 Å². The lowest BCUT2D eigenvalue weighted by molar-refractivity contribution is 0.583. The van der Waals surface area contributed by atoms with Gasteiger partial charge >= 0.3 is 0 Å². The highest BCUT2D eigenvalue weighted by Crippen LogP contribution is 2.26. The molecular formula is C15H14ClF2N. The van der Waals surface area contributed by atoms with Crippen LogP contribution >= 0.6 is 11.6 Å². The molecule has 1 nitrogen and oxygen atoms in total. The van der Waals surface area contributed by atoms with Crippen LogP contribution in [-0.2, 0) is 6.42 Å². The Hall–Kier alpha value is -1.45. The zero-order valence-corrected chi connectivity index (χ0v) is 11.2. The third-order valence-corrected chi connectivity index (χ3v) is 3.37. The quantitative estimate of drug-likeness (QED) is 0.889. The lowest BCUT2D eigenvalue weighted by atomic mass is 9.99. The zero-order chi connectivity index (χ0) is 13.8. The molecule has 0 aliphatic rings. The van der Waals surface area contributed by atoms with Crippen molar-refractivity contribution in [3.8, 4) is 0 Å². The van der Waals surface area contributed by atoms with E-state index < -0.39 is 0 Å². The first kappa shape index (κ1) is 14.0. The number of rotatable bonds is 4. The van der Waals surface area contributed by atoms with Gasteiger partial charge in [0.05, 0.1) is 0 Å². The van der Waals surface area contributed by atoms with Gasteiger partial charge in [-0.25, -0.2) is 8.78 Å². The van der Waals surface area contributed by atoms with Crippen molar-refractivity contribution in [2.45, 2.75) is 12.5 Å². The predicted molar refractivity (Wildman–Crippen MR) is 73.3 cm³/mol. The molecule has 0 aromatic heterocycles. The molecule has 0 bridgehead atoms. The average molecular weight is 282 g/mol. The van der Waals surface area contributed by atoms with Gasteiger partial charge in [0.15, 0.2) is 0 Å². The first-order valence-electron chi connectivity index (χ1n) is 5.97. The first-order valence-corrected chi connectivity index (χ1v) is 6.34. The van der Waals surface area contributed by atoms with Crippen LogP contribution in [0.4, 0.5) is 8.78 Å². The summed E-state index contributed by atoms with van der Waals surface area (Å²) in [4.78, 5) is 0. The van der Waals surface area contributed by atoms with Crippen LogP contribution in [0.1, 0.15) is 17.2 Å². The molecule has 2 rings (SSSR count). The van der Waals surface area contributed by atoms with Crippen molar-refractivity contribution in [2.75, 3.05) is 7.05 Å². The summed E-state index contributed by atoms with van der Waals surface area (Å²) in [6.07, 6.45) is 0.655. The Labute approximate surface area is 116 Å². The Balaban J connectivity index is 2.22. The van der Waals surface area contributed by atoms with Crippen LogP contribution in [0.3, 0.4) is 0 Å². The number of nitrogens with one attached hydrogen (secondary N) is 1. The van der Waals surface area contributed by atoms with Gasteiger partial charge in [0, 0.05) is 11.1 Å². The SMILES string of the molecule is CNC(Cc1ccc(F)cc1)c1ccc(F)cc1Cl. The van der Waals surface area contributed by atoms with E-state index in [9.17, 15) is 8.78 Å². The monoisotopic (exact) mass is 281 g/mol. The minimum Gasteiger partial charge on any atom is -0.313 e. The molecule has 1 unspecified atom stereocenters. The minimum absolute atomic E-state index is 0.0430. The molecule has 19 heavy (non-hydrogen) atoms. The fourth-order valence-electron chi connectivity index (χ4n) is 2.01. The van der Waals surface area contributed by atoms with Crippen molar-refractivity contribution < 1.29 is 8.78 Å². The van der Waals surface area contributed by atoms with Crippen molar-refractivity contribution in [1.82, 2.24) is 5.32 Å². The van der Waals surface area contributed by atoms with Crippen molar-refractivity contribution in [3.05, 3.63) is 70.2 Å². The van der Waals surface area contributed by atoms with E-state index in [1.165, 1.54) is 24.3 Å². The van der Waals surface area contributed by atoms with Crippen molar-refractivity contribution in [3.63, 3.8) is 0 Å². The number of halogens is 3. The normalized spacial score (nSPS) is 12.4. The summed E-state index contributed by atoms with van der Waals surface area (Å²) in [5.74, 6) is -0.616. The van der Waals surface area contributed by atoms with Gasteiger partial charge in [-0.1, -0.05) is 29.8 Å². The molecule has 0 fully saturated rings. The van der Waals surface area contributed by atoms with E-state index in [1.807, 2.05) is 7.05 Å². The Morgan fingerprint density at radius 3 is 2.26 bits per heavy atom. The molecule has 1 N–H and O–H groups in total. The Bertz CT molecular complexity index is 555. The van der Waals surface area contributed by atoms with Crippen molar-refractivity contribution >= 4 is 11.6 Å². The van der Waals surface area contributed by atoms with Gasteiger partial charge in [-0.15, -0.1) is 0 Å². The fraction of sp³-hybridized carbons (Fsp3) is 0.200. The molecule has 0 amide bonds. The van der Waals surface area contributed by atoms with Gasteiger partial charge in [0.2, 0.25) is 0 Å². The van der Waals surface area contributed by atoms with Gasteiger partial charge in [0.25, 0.3) is 0 Å². The highest BCUT2D eigenvalue weighted by Gasteiger charge is 2.14.